The highest BCUT2D eigenvalue weighted by Gasteiger charge is 2.34. The van der Waals surface area contributed by atoms with Gasteiger partial charge in [-0.1, -0.05) is 20.8 Å². The summed E-state index contributed by atoms with van der Waals surface area (Å²) in [5.74, 6) is 2.29. The van der Waals surface area contributed by atoms with E-state index < -0.39 is 0 Å². The van der Waals surface area contributed by atoms with E-state index in [4.69, 9.17) is 0 Å². The van der Waals surface area contributed by atoms with Crippen LogP contribution < -0.4 is 10.2 Å². The number of carbonyl (C=O) groups is 1. The van der Waals surface area contributed by atoms with Gasteiger partial charge in [0.25, 0.3) is 0 Å². The van der Waals surface area contributed by atoms with E-state index in [1.807, 2.05) is 12.1 Å². The van der Waals surface area contributed by atoms with Crippen LogP contribution in [-0.2, 0) is 4.79 Å². The number of rotatable bonds is 4. The molecule has 2 aromatic heterocycles. The Morgan fingerprint density at radius 3 is 2.69 bits per heavy atom. The first-order chi connectivity index (χ1) is 13.9. The van der Waals surface area contributed by atoms with Gasteiger partial charge in [0.1, 0.15) is 12.7 Å². The van der Waals surface area contributed by atoms with Crippen molar-refractivity contribution < 1.29 is 4.79 Å². The Hall–Kier alpha value is -2.51. The van der Waals surface area contributed by atoms with Crippen molar-refractivity contribution in [2.45, 2.75) is 58.9 Å². The first-order valence-corrected chi connectivity index (χ1v) is 10.6. The van der Waals surface area contributed by atoms with Gasteiger partial charge in [0.05, 0.1) is 5.92 Å². The Morgan fingerprint density at radius 2 is 2.00 bits per heavy atom. The predicted molar refractivity (Wildman–Crippen MR) is 111 cm³/mol. The molecule has 1 saturated heterocycles. The minimum atomic E-state index is 0.000821. The monoisotopic (exact) mass is 397 g/mol. The number of aromatic nitrogens is 5. The van der Waals surface area contributed by atoms with Gasteiger partial charge >= 0.3 is 0 Å². The number of amides is 1. The zero-order valence-corrected chi connectivity index (χ0v) is 17.6. The molecule has 29 heavy (non-hydrogen) atoms. The summed E-state index contributed by atoms with van der Waals surface area (Å²) < 4.78 is 1.58. The fraction of sp³-hybridized carbons (Fsp3) is 0.667. The van der Waals surface area contributed by atoms with E-state index in [9.17, 15) is 4.79 Å². The van der Waals surface area contributed by atoms with E-state index in [0.717, 1.165) is 38.0 Å². The lowest BCUT2D eigenvalue weighted by Crippen LogP contribution is -2.49. The lowest BCUT2D eigenvalue weighted by molar-refractivity contribution is -0.126. The molecule has 8 heteroatoms. The number of nitrogens with zero attached hydrogens (tertiary/aromatic N) is 6. The molecular formula is C21H31N7O. The Kier molecular flexibility index (Phi) is 5.52. The molecule has 3 heterocycles. The maximum atomic E-state index is 13.0. The molecule has 1 saturated carbocycles. The van der Waals surface area contributed by atoms with Gasteiger partial charge in [-0.05, 0) is 55.6 Å². The number of piperidine rings is 1. The van der Waals surface area contributed by atoms with Crippen LogP contribution in [0.25, 0.3) is 5.82 Å². The van der Waals surface area contributed by atoms with Crippen molar-refractivity contribution in [3.63, 3.8) is 0 Å². The van der Waals surface area contributed by atoms with E-state index in [-0.39, 0.29) is 11.8 Å². The first kappa shape index (κ1) is 19.8. The van der Waals surface area contributed by atoms with Crippen LogP contribution in [-0.4, -0.2) is 50.0 Å². The minimum absolute atomic E-state index is 0.000821. The molecule has 0 spiro atoms. The van der Waals surface area contributed by atoms with E-state index in [0.29, 0.717) is 29.7 Å². The summed E-state index contributed by atoms with van der Waals surface area (Å²) in [5.41, 5.74) is 0.301. The predicted octanol–water partition coefficient (Wildman–Crippen LogP) is 2.60. The molecule has 0 bridgehead atoms. The van der Waals surface area contributed by atoms with Crippen LogP contribution in [0.2, 0.25) is 0 Å². The van der Waals surface area contributed by atoms with Crippen molar-refractivity contribution >= 4 is 11.7 Å². The summed E-state index contributed by atoms with van der Waals surface area (Å²) in [4.78, 5) is 19.1. The smallest absolute Gasteiger partial charge is 0.225 e. The molecule has 3 atom stereocenters. The van der Waals surface area contributed by atoms with Crippen molar-refractivity contribution in [1.29, 1.82) is 0 Å². The molecule has 3 unspecified atom stereocenters. The van der Waals surface area contributed by atoms with Crippen molar-refractivity contribution in [1.82, 2.24) is 30.3 Å². The molecule has 0 radical (unpaired) electrons. The highest BCUT2D eigenvalue weighted by Crippen LogP contribution is 2.38. The lowest BCUT2D eigenvalue weighted by atomic mass is 9.70. The average molecular weight is 398 g/mol. The molecule has 1 N–H and O–H groups in total. The maximum absolute atomic E-state index is 13.0. The van der Waals surface area contributed by atoms with Gasteiger partial charge in [0.15, 0.2) is 11.6 Å². The fourth-order valence-electron chi connectivity index (χ4n) is 5.11. The Morgan fingerprint density at radius 1 is 1.21 bits per heavy atom. The Labute approximate surface area is 172 Å². The molecule has 1 aliphatic heterocycles. The number of hydrogen-bond donors (Lipinski definition) is 1. The summed E-state index contributed by atoms with van der Waals surface area (Å²) in [7, 11) is 0. The molecule has 1 aliphatic carbocycles. The second-order valence-corrected chi connectivity index (χ2v) is 9.49. The minimum Gasteiger partial charge on any atom is -0.354 e. The van der Waals surface area contributed by atoms with E-state index in [1.165, 1.54) is 12.7 Å². The van der Waals surface area contributed by atoms with Crippen LogP contribution in [0.15, 0.2) is 24.8 Å². The summed E-state index contributed by atoms with van der Waals surface area (Å²) in [6, 6.07) is 4.11. The highest BCUT2D eigenvalue weighted by molar-refractivity contribution is 5.79. The summed E-state index contributed by atoms with van der Waals surface area (Å²) in [6.45, 7) is 8.51. The van der Waals surface area contributed by atoms with E-state index in [1.54, 1.807) is 11.0 Å². The lowest BCUT2D eigenvalue weighted by Gasteiger charge is -2.40. The SMILES string of the molecule is CC1CC(NC(=O)C2CCCN(c3ccc(-n4cncn4)nn3)C2)CC(C)(C)C1. The third-order valence-electron chi connectivity index (χ3n) is 6.14. The van der Waals surface area contributed by atoms with E-state index in [2.05, 4.69) is 51.3 Å². The number of nitrogens with one attached hydrogen (secondary N) is 1. The molecule has 4 rings (SSSR count). The topological polar surface area (TPSA) is 88.8 Å². The van der Waals surface area contributed by atoms with Gasteiger partial charge in [-0.15, -0.1) is 10.2 Å². The number of carbonyl (C=O) groups excluding carboxylic acids is 1. The van der Waals surface area contributed by atoms with Crippen molar-refractivity contribution in [2.75, 3.05) is 18.0 Å². The van der Waals surface area contributed by atoms with Crippen LogP contribution in [0.3, 0.4) is 0 Å². The van der Waals surface area contributed by atoms with Crippen LogP contribution in [0.4, 0.5) is 5.82 Å². The third-order valence-corrected chi connectivity index (χ3v) is 6.14. The van der Waals surface area contributed by atoms with Gasteiger partial charge in [0.2, 0.25) is 5.91 Å². The van der Waals surface area contributed by atoms with Crippen LogP contribution in [0.1, 0.15) is 52.9 Å². The van der Waals surface area contributed by atoms with Crippen LogP contribution in [0, 0.1) is 17.3 Å². The van der Waals surface area contributed by atoms with Gasteiger partial charge in [0, 0.05) is 19.1 Å². The van der Waals surface area contributed by atoms with E-state index >= 15 is 0 Å². The molecule has 2 aromatic rings. The Balaban J connectivity index is 1.37. The number of anilines is 1. The number of hydrogen-bond acceptors (Lipinski definition) is 6. The van der Waals surface area contributed by atoms with Crippen molar-refractivity contribution in [2.24, 2.45) is 17.3 Å². The molecule has 0 aromatic carbocycles. The average Bonchev–Trinajstić information content (AvgIpc) is 3.21. The molecule has 156 valence electrons. The third kappa shape index (κ3) is 4.74. The van der Waals surface area contributed by atoms with Crippen molar-refractivity contribution in [3.05, 3.63) is 24.8 Å². The molecule has 1 amide bonds. The summed E-state index contributed by atoms with van der Waals surface area (Å²) in [5, 5.41) is 16.0. The zero-order chi connectivity index (χ0) is 20.4. The van der Waals surface area contributed by atoms with Crippen LogP contribution >= 0.6 is 0 Å². The summed E-state index contributed by atoms with van der Waals surface area (Å²) >= 11 is 0. The van der Waals surface area contributed by atoms with Gasteiger partial charge in [-0.3, -0.25) is 4.79 Å². The molecule has 8 nitrogen and oxygen atoms in total. The Bertz CT molecular complexity index is 818. The molecule has 2 fully saturated rings. The largest absolute Gasteiger partial charge is 0.354 e. The maximum Gasteiger partial charge on any atom is 0.225 e. The fourth-order valence-corrected chi connectivity index (χ4v) is 5.11. The normalized spacial score (nSPS) is 26.9. The zero-order valence-electron chi connectivity index (χ0n) is 17.6. The first-order valence-electron chi connectivity index (χ1n) is 10.6. The summed E-state index contributed by atoms with van der Waals surface area (Å²) in [6.07, 6.45) is 8.36. The second kappa shape index (κ2) is 8.08. The van der Waals surface area contributed by atoms with Gasteiger partial charge in [-0.25, -0.2) is 9.67 Å². The second-order valence-electron chi connectivity index (χ2n) is 9.49. The molecule has 2 aliphatic rings. The highest BCUT2D eigenvalue weighted by atomic mass is 16.2. The standard InChI is InChI=1S/C21H31N7O/c1-15-9-17(11-21(2,3)10-15)24-20(29)16-5-4-8-27(12-16)18-6-7-19(26-25-18)28-14-22-13-23-28/h6-7,13-17H,4-5,8-12H2,1-3H3,(H,24,29). The van der Waals surface area contributed by atoms with Crippen molar-refractivity contribution in [3.8, 4) is 5.82 Å². The quantitative estimate of drug-likeness (QED) is 0.853. The molecular weight excluding hydrogens is 366 g/mol. The van der Waals surface area contributed by atoms with Gasteiger partial charge < -0.3 is 10.2 Å². The van der Waals surface area contributed by atoms with Gasteiger partial charge in [-0.2, -0.15) is 5.10 Å². The van der Waals surface area contributed by atoms with Crippen LogP contribution in [0.5, 0.6) is 0 Å².